The number of ether oxygens (including phenoxy) is 3. The lowest BCUT2D eigenvalue weighted by Gasteiger charge is -2.39. The number of benzene rings is 1. The van der Waals surface area contributed by atoms with E-state index in [4.69, 9.17) is 24.7 Å². The fourth-order valence-corrected chi connectivity index (χ4v) is 7.94. The molecule has 1 atom stereocenters. The Morgan fingerprint density at radius 1 is 1.08 bits per heavy atom. The van der Waals surface area contributed by atoms with Crippen LogP contribution in [-0.4, -0.2) is 76.1 Å². The Bertz CT molecular complexity index is 1960. The number of amides is 1. The van der Waals surface area contributed by atoms with Crippen LogP contribution < -0.4 is 10.3 Å². The quantitative estimate of drug-likeness (QED) is 0.114. The molecule has 0 radical (unpaired) electrons. The summed E-state index contributed by atoms with van der Waals surface area (Å²) in [5.74, 6) is -1.28. The average Bonchev–Trinajstić information content (AvgIpc) is 3.49. The first-order chi connectivity index (χ1) is 23.8. The molecular weight excluding hydrogens is 630 g/mol. The predicted molar refractivity (Wildman–Crippen MR) is 178 cm³/mol. The Morgan fingerprint density at radius 2 is 1.86 bits per heavy atom. The Hall–Kier alpha value is -4.94. The van der Waals surface area contributed by atoms with E-state index in [0.29, 0.717) is 48.2 Å². The van der Waals surface area contributed by atoms with Crippen molar-refractivity contribution in [2.24, 2.45) is 5.11 Å². The number of hydrogen-bond donors (Lipinski definition) is 0. The second-order valence-corrected chi connectivity index (χ2v) is 13.1. The van der Waals surface area contributed by atoms with E-state index in [1.807, 2.05) is 19.1 Å². The number of pyridine rings is 2. The maximum Gasteiger partial charge on any atom is 0.415 e. The minimum atomic E-state index is -1.88. The van der Waals surface area contributed by atoms with Gasteiger partial charge in [-0.25, -0.2) is 14.6 Å². The molecule has 0 saturated carbocycles. The number of hydrogen-bond acceptors (Lipinski definition) is 10. The molecule has 0 bridgehead atoms. The normalized spacial score (nSPS) is 20.5. The number of aryl methyl sites for hydroxylation is 1. The lowest BCUT2D eigenvalue weighted by molar-refractivity contribution is -0.188. The first-order valence-corrected chi connectivity index (χ1v) is 17.1. The molecular formula is C35H39N7O7. The molecule has 14 nitrogen and oxygen atoms in total. The van der Waals surface area contributed by atoms with Crippen LogP contribution in [0.2, 0.25) is 0 Å². The fourth-order valence-electron chi connectivity index (χ4n) is 7.94. The van der Waals surface area contributed by atoms with Crippen LogP contribution in [0.1, 0.15) is 74.6 Å². The van der Waals surface area contributed by atoms with Gasteiger partial charge in [0, 0.05) is 40.6 Å². The topological polar surface area (TPSA) is 169 Å². The van der Waals surface area contributed by atoms with Crippen LogP contribution in [-0.2, 0) is 44.2 Å². The van der Waals surface area contributed by atoms with Gasteiger partial charge < -0.3 is 28.6 Å². The molecule has 0 spiro atoms. The van der Waals surface area contributed by atoms with Crippen molar-refractivity contribution in [2.45, 2.75) is 83.6 Å². The van der Waals surface area contributed by atoms with E-state index in [1.165, 1.54) is 19.3 Å². The van der Waals surface area contributed by atoms with E-state index in [1.54, 1.807) is 28.5 Å². The Morgan fingerprint density at radius 3 is 2.57 bits per heavy atom. The second-order valence-electron chi connectivity index (χ2n) is 13.1. The first-order valence-electron chi connectivity index (χ1n) is 17.1. The van der Waals surface area contributed by atoms with Gasteiger partial charge in [-0.05, 0) is 87.0 Å². The average molecular weight is 670 g/mol. The predicted octanol–water partition coefficient (Wildman–Crippen LogP) is 4.95. The number of piperidine rings is 2. The van der Waals surface area contributed by atoms with Crippen LogP contribution in [0.5, 0.6) is 5.75 Å². The van der Waals surface area contributed by atoms with Gasteiger partial charge in [-0.3, -0.25) is 9.59 Å². The molecule has 3 aromatic rings. The highest BCUT2D eigenvalue weighted by atomic mass is 16.6. The lowest BCUT2D eigenvalue weighted by Crippen LogP contribution is -2.48. The summed E-state index contributed by atoms with van der Waals surface area (Å²) < 4.78 is 18.5. The molecule has 6 heterocycles. The number of azide groups is 1. The number of esters is 2. The first kappa shape index (κ1) is 32.6. The molecule has 14 heteroatoms. The summed E-state index contributed by atoms with van der Waals surface area (Å²) in [5.41, 5.74) is 10.4. The molecule has 2 aromatic heterocycles. The largest absolute Gasteiger partial charge is 0.457 e. The van der Waals surface area contributed by atoms with Crippen molar-refractivity contribution >= 4 is 28.9 Å². The van der Waals surface area contributed by atoms with Crippen LogP contribution in [0.4, 0.5) is 4.79 Å². The summed E-state index contributed by atoms with van der Waals surface area (Å²) in [6, 6.07) is 7.60. The second kappa shape index (κ2) is 13.2. The van der Waals surface area contributed by atoms with Gasteiger partial charge in [0.25, 0.3) is 5.56 Å². The number of nitrogens with zero attached hydrogens (tertiary/aromatic N) is 7. The van der Waals surface area contributed by atoms with Crippen molar-refractivity contribution in [3.63, 3.8) is 0 Å². The smallest absolute Gasteiger partial charge is 0.415 e. The van der Waals surface area contributed by atoms with Crippen molar-refractivity contribution in [3.05, 3.63) is 67.3 Å². The van der Waals surface area contributed by atoms with Crippen LogP contribution >= 0.6 is 0 Å². The third kappa shape index (κ3) is 5.68. The summed E-state index contributed by atoms with van der Waals surface area (Å²) in [7, 11) is 0. The van der Waals surface area contributed by atoms with E-state index in [2.05, 4.69) is 14.9 Å². The summed E-state index contributed by atoms with van der Waals surface area (Å²) in [6.45, 7) is 6.68. The highest BCUT2D eigenvalue weighted by molar-refractivity contribution is 5.91. The van der Waals surface area contributed by atoms with Crippen molar-refractivity contribution in [1.29, 1.82) is 0 Å². The molecule has 256 valence electrons. The third-order valence-electron chi connectivity index (χ3n) is 10.5. The van der Waals surface area contributed by atoms with Crippen LogP contribution in [0.15, 0.2) is 34.2 Å². The highest BCUT2D eigenvalue weighted by Gasteiger charge is 2.50. The Labute approximate surface area is 282 Å². The third-order valence-corrected chi connectivity index (χ3v) is 10.5. The van der Waals surface area contributed by atoms with Gasteiger partial charge in [0.15, 0.2) is 0 Å². The molecule has 4 aliphatic heterocycles. The maximum absolute atomic E-state index is 13.9. The SMILES string of the molecule is CCc1c2c(nc3ccc(OC(=O)N4CCC(N5CCCCC5)CC4)cc13)-c1cc3c(c(=O)n1C2)COC(=O)[C@@]3(CC)OC(=O)CN=[N+]=[N-]. The summed E-state index contributed by atoms with van der Waals surface area (Å²) >= 11 is 0. The van der Waals surface area contributed by atoms with Crippen LogP contribution in [0.3, 0.4) is 0 Å². The van der Waals surface area contributed by atoms with E-state index in [0.717, 1.165) is 42.4 Å². The van der Waals surface area contributed by atoms with Gasteiger partial charge in [0.1, 0.15) is 18.9 Å². The zero-order chi connectivity index (χ0) is 34.3. The summed E-state index contributed by atoms with van der Waals surface area (Å²) in [6.07, 6.45) is 5.97. The van der Waals surface area contributed by atoms with Gasteiger partial charge in [-0.2, -0.15) is 0 Å². The number of cyclic esters (lactones) is 1. The van der Waals surface area contributed by atoms with Crippen LogP contribution in [0, 0.1) is 0 Å². The number of carbonyl (C=O) groups excluding carboxylic acids is 3. The Balaban J connectivity index is 1.18. The molecule has 1 amide bonds. The van der Waals surface area contributed by atoms with E-state index in [9.17, 15) is 19.2 Å². The van der Waals surface area contributed by atoms with Crippen molar-refractivity contribution in [3.8, 4) is 17.1 Å². The number of aromatic nitrogens is 2. The molecule has 1 aromatic carbocycles. The maximum atomic E-state index is 13.9. The Kier molecular flexibility index (Phi) is 8.76. The van der Waals surface area contributed by atoms with Gasteiger partial charge >= 0.3 is 18.0 Å². The summed E-state index contributed by atoms with van der Waals surface area (Å²) in [4.78, 5) is 64.8. The number of likely N-dealkylation sites (tertiary alicyclic amines) is 2. The number of fused-ring (bicyclic) bond motifs is 5. The summed E-state index contributed by atoms with van der Waals surface area (Å²) in [5, 5.41) is 4.08. The van der Waals surface area contributed by atoms with Gasteiger partial charge in [0.2, 0.25) is 5.60 Å². The standard InChI is InChI=1S/C35H39N7O7/c1-3-23-24-16-22(48-34(46)41-14-10-21(11-15-41)40-12-6-5-7-13-40)8-9-28(24)38-31-25(23)19-42-29(31)17-27-26(32(42)44)20-47-33(45)35(27,4-2)49-30(43)18-37-39-36/h8-9,16-17,21H,3-7,10-15,18-20H2,1-2H3/t35-/m0/s1. The highest BCUT2D eigenvalue weighted by Crippen LogP contribution is 2.42. The van der Waals surface area contributed by atoms with Gasteiger partial charge in [-0.1, -0.05) is 25.4 Å². The molecule has 49 heavy (non-hydrogen) atoms. The van der Waals surface area contributed by atoms with Gasteiger partial charge in [0.05, 0.1) is 29.0 Å². The lowest BCUT2D eigenvalue weighted by atomic mass is 9.85. The zero-order valence-corrected chi connectivity index (χ0v) is 27.8. The minimum absolute atomic E-state index is 0.0000973. The number of carbonyl (C=O) groups is 3. The van der Waals surface area contributed by atoms with Gasteiger partial charge in [-0.15, -0.1) is 0 Å². The fraction of sp³-hybridized carbons (Fsp3) is 0.514. The molecule has 0 aliphatic carbocycles. The zero-order valence-electron chi connectivity index (χ0n) is 27.8. The van der Waals surface area contributed by atoms with Crippen molar-refractivity contribution < 1.29 is 28.6 Å². The monoisotopic (exact) mass is 669 g/mol. The molecule has 2 fully saturated rings. The van der Waals surface area contributed by atoms with Crippen molar-refractivity contribution in [1.82, 2.24) is 19.4 Å². The van der Waals surface area contributed by atoms with E-state index in [-0.39, 0.29) is 42.4 Å². The molecule has 0 N–H and O–H groups in total. The number of rotatable bonds is 7. The van der Waals surface area contributed by atoms with Crippen LogP contribution in [0.25, 0.3) is 32.7 Å². The molecule has 7 rings (SSSR count). The van der Waals surface area contributed by atoms with E-state index >= 15 is 0 Å². The molecule has 4 aliphatic rings. The molecule has 0 unspecified atom stereocenters. The van der Waals surface area contributed by atoms with E-state index < -0.39 is 24.1 Å². The molecule has 2 saturated heterocycles. The minimum Gasteiger partial charge on any atom is -0.457 e. The van der Waals surface area contributed by atoms with Crippen molar-refractivity contribution in [2.75, 3.05) is 32.7 Å².